The maximum absolute atomic E-state index is 13.7. The highest BCUT2D eigenvalue weighted by atomic mass is 32.2. The van der Waals surface area contributed by atoms with Crippen molar-refractivity contribution in [3.05, 3.63) is 29.6 Å². The standard InChI is InChI=1S/C13H18FNO2S/c1-3-15-9-10-11(14)5-4-6-12(10)18-8-7-13(16)17-2/h4-6,15H,3,7-9H2,1-2H3. The molecule has 0 heterocycles. The zero-order valence-corrected chi connectivity index (χ0v) is 11.5. The summed E-state index contributed by atoms with van der Waals surface area (Å²) in [6, 6.07) is 5.01. The summed E-state index contributed by atoms with van der Waals surface area (Å²) in [6.45, 7) is 3.27. The topological polar surface area (TPSA) is 38.3 Å². The molecule has 0 aromatic heterocycles. The van der Waals surface area contributed by atoms with Crippen LogP contribution in [-0.4, -0.2) is 25.4 Å². The van der Waals surface area contributed by atoms with Crippen molar-refractivity contribution < 1.29 is 13.9 Å². The van der Waals surface area contributed by atoms with Gasteiger partial charge in [0.1, 0.15) is 5.82 Å². The predicted molar refractivity (Wildman–Crippen MR) is 71.1 cm³/mol. The minimum atomic E-state index is -0.243. The second-order valence-corrected chi connectivity index (χ2v) is 4.81. The molecule has 1 aromatic carbocycles. The van der Waals surface area contributed by atoms with Gasteiger partial charge in [-0.15, -0.1) is 11.8 Å². The van der Waals surface area contributed by atoms with Crippen LogP contribution in [0.2, 0.25) is 0 Å². The van der Waals surface area contributed by atoms with Gasteiger partial charge in [-0.25, -0.2) is 4.39 Å². The number of carbonyl (C=O) groups excluding carboxylic acids is 1. The van der Waals surface area contributed by atoms with Crippen molar-refractivity contribution in [1.29, 1.82) is 0 Å². The molecule has 0 amide bonds. The summed E-state index contributed by atoms with van der Waals surface area (Å²) in [4.78, 5) is 11.9. The Labute approximate surface area is 111 Å². The summed E-state index contributed by atoms with van der Waals surface area (Å²) >= 11 is 1.47. The van der Waals surface area contributed by atoms with E-state index >= 15 is 0 Å². The molecule has 0 spiro atoms. The third-order valence-corrected chi connectivity index (χ3v) is 3.52. The minimum absolute atomic E-state index is 0.209. The van der Waals surface area contributed by atoms with E-state index in [1.807, 2.05) is 13.0 Å². The van der Waals surface area contributed by atoms with Crippen LogP contribution in [0.1, 0.15) is 18.9 Å². The highest BCUT2D eigenvalue weighted by Gasteiger charge is 2.09. The van der Waals surface area contributed by atoms with E-state index in [1.54, 1.807) is 6.07 Å². The third-order valence-electron chi connectivity index (χ3n) is 2.42. The second kappa shape index (κ2) is 8.11. The first-order valence-electron chi connectivity index (χ1n) is 5.86. The Morgan fingerprint density at radius 1 is 1.50 bits per heavy atom. The minimum Gasteiger partial charge on any atom is -0.469 e. The van der Waals surface area contributed by atoms with Crippen LogP contribution in [-0.2, 0) is 16.1 Å². The van der Waals surface area contributed by atoms with E-state index < -0.39 is 0 Å². The maximum Gasteiger partial charge on any atom is 0.306 e. The van der Waals surface area contributed by atoms with Gasteiger partial charge in [-0.3, -0.25) is 4.79 Å². The summed E-state index contributed by atoms with van der Waals surface area (Å²) in [5.41, 5.74) is 0.661. The molecule has 0 saturated heterocycles. The van der Waals surface area contributed by atoms with Gasteiger partial charge in [0.25, 0.3) is 0 Å². The fraction of sp³-hybridized carbons (Fsp3) is 0.462. The number of halogens is 1. The molecule has 0 aliphatic carbocycles. The number of ether oxygens (including phenoxy) is 1. The Kier molecular flexibility index (Phi) is 6.75. The molecule has 3 nitrogen and oxygen atoms in total. The van der Waals surface area contributed by atoms with Gasteiger partial charge >= 0.3 is 5.97 Å². The normalized spacial score (nSPS) is 10.4. The van der Waals surface area contributed by atoms with Gasteiger partial charge < -0.3 is 10.1 Å². The summed E-state index contributed by atoms with van der Waals surface area (Å²) < 4.78 is 18.2. The van der Waals surface area contributed by atoms with Gasteiger partial charge in [0.2, 0.25) is 0 Å². The lowest BCUT2D eigenvalue weighted by atomic mass is 10.2. The Balaban J connectivity index is 2.63. The van der Waals surface area contributed by atoms with Gasteiger partial charge in [-0.05, 0) is 18.7 Å². The molecule has 0 fully saturated rings. The molecule has 1 aromatic rings. The number of hydrogen-bond acceptors (Lipinski definition) is 4. The van der Waals surface area contributed by atoms with E-state index in [-0.39, 0.29) is 11.8 Å². The lowest BCUT2D eigenvalue weighted by Crippen LogP contribution is -2.14. The van der Waals surface area contributed by atoms with Crippen LogP contribution >= 0.6 is 11.8 Å². The molecule has 0 aliphatic heterocycles. The molecule has 1 N–H and O–H groups in total. The molecule has 0 unspecified atom stereocenters. The van der Waals surface area contributed by atoms with E-state index in [0.717, 1.165) is 11.4 Å². The molecule has 5 heteroatoms. The van der Waals surface area contributed by atoms with Crippen LogP contribution in [0, 0.1) is 5.82 Å². The number of carbonyl (C=O) groups is 1. The highest BCUT2D eigenvalue weighted by Crippen LogP contribution is 2.25. The number of rotatable bonds is 7. The van der Waals surface area contributed by atoms with Crippen molar-refractivity contribution in [2.45, 2.75) is 24.8 Å². The highest BCUT2D eigenvalue weighted by molar-refractivity contribution is 7.99. The zero-order valence-electron chi connectivity index (χ0n) is 10.7. The molecule has 100 valence electrons. The molecule has 1 rings (SSSR count). The smallest absolute Gasteiger partial charge is 0.306 e. The van der Waals surface area contributed by atoms with E-state index in [4.69, 9.17) is 0 Å². The van der Waals surface area contributed by atoms with Gasteiger partial charge in [0, 0.05) is 22.8 Å². The zero-order chi connectivity index (χ0) is 13.4. The van der Waals surface area contributed by atoms with Crippen LogP contribution < -0.4 is 5.32 Å². The Hall–Kier alpha value is -1.07. The van der Waals surface area contributed by atoms with Gasteiger partial charge in [-0.2, -0.15) is 0 Å². The molecule has 0 bridgehead atoms. The predicted octanol–water partition coefficient (Wildman–Crippen LogP) is 2.59. The fourth-order valence-electron chi connectivity index (χ4n) is 1.44. The first-order valence-corrected chi connectivity index (χ1v) is 6.85. The first-order chi connectivity index (χ1) is 8.69. The number of thioether (sulfide) groups is 1. The molecule has 0 aliphatic rings. The summed E-state index contributed by atoms with van der Waals surface area (Å²) in [5.74, 6) is 0.140. The lowest BCUT2D eigenvalue weighted by Gasteiger charge is -2.10. The van der Waals surface area contributed by atoms with Gasteiger partial charge in [0.15, 0.2) is 0 Å². The maximum atomic E-state index is 13.7. The van der Waals surface area contributed by atoms with Crippen LogP contribution in [0.4, 0.5) is 4.39 Å². The SMILES string of the molecule is CCNCc1c(F)cccc1SCCC(=O)OC. The van der Waals surface area contributed by atoms with Crippen LogP contribution in [0.5, 0.6) is 0 Å². The Bertz CT molecular complexity index is 399. The summed E-state index contributed by atoms with van der Waals surface area (Å²) in [7, 11) is 1.37. The largest absolute Gasteiger partial charge is 0.469 e. The van der Waals surface area contributed by atoms with Crippen LogP contribution in [0.15, 0.2) is 23.1 Å². The number of esters is 1. The fourth-order valence-corrected chi connectivity index (χ4v) is 2.45. The van der Waals surface area contributed by atoms with E-state index in [9.17, 15) is 9.18 Å². The molecule has 0 atom stereocenters. The quantitative estimate of drug-likeness (QED) is 0.611. The molecular weight excluding hydrogens is 253 g/mol. The van der Waals surface area contributed by atoms with Crippen molar-refractivity contribution in [2.75, 3.05) is 19.4 Å². The second-order valence-electron chi connectivity index (χ2n) is 3.67. The average molecular weight is 271 g/mol. The van der Waals surface area contributed by atoms with Crippen molar-refractivity contribution >= 4 is 17.7 Å². The number of methoxy groups -OCH3 is 1. The Morgan fingerprint density at radius 2 is 2.28 bits per heavy atom. The summed E-state index contributed by atoms with van der Waals surface area (Å²) in [6.07, 6.45) is 0.332. The van der Waals surface area contributed by atoms with Gasteiger partial charge in [-0.1, -0.05) is 13.0 Å². The van der Waals surface area contributed by atoms with E-state index in [1.165, 1.54) is 24.9 Å². The van der Waals surface area contributed by atoms with Crippen molar-refractivity contribution in [1.82, 2.24) is 5.32 Å². The van der Waals surface area contributed by atoms with Gasteiger partial charge in [0.05, 0.1) is 13.5 Å². The summed E-state index contributed by atoms with van der Waals surface area (Å²) in [5, 5.41) is 3.11. The molecule has 0 saturated carbocycles. The third kappa shape index (κ3) is 4.66. The number of nitrogens with one attached hydrogen (secondary N) is 1. The number of benzene rings is 1. The molecular formula is C13H18FNO2S. The Morgan fingerprint density at radius 3 is 2.94 bits per heavy atom. The monoisotopic (exact) mass is 271 g/mol. The van der Waals surface area contributed by atoms with Crippen molar-refractivity contribution in [2.24, 2.45) is 0 Å². The lowest BCUT2D eigenvalue weighted by molar-refractivity contribution is -0.140. The first kappa shape index (κ1) is 15.0. The van der Waals surface area contributed by atoms with Crippen molar-refractivity contribution in [3.8, 4) is 0 Å². The van der Waals surface area contributed by atoms with E-state index in [0.29, 0.717) is 24.3 Å². The number of hydrogen-bond donors (Lipinski definition) is 1. The average Bonchev–Trinajstić information content (AvgIpc) is 2.37. The van der Waals surface area contributed by atoms with E-state index in [2.05, 4.69) is 10.1 Å². The van der Waals surface area contributed by atoms with Crippen LogP contribution in [0.25, 0.3) is 0 Å². The molecule has 0 radical (unpaired) electrons. The van der Waals surface area contributed by atoms with Crippen LogP contribution in [0.3, 0.4) is 0 Å². The van der Waals surface area contributed by atoms with Crippen molar-refractivity contribution in [3.63, 3.8) is 0 Å². The molecule has 18 heavy (non-hydrogen) atoms.